The number of fused-ring (bicyclic) bond motifs is 1. The normalized spacial score (nSPS) is 25.7. The Morgan fingerprint density at radius 3 is 2.73 bits per heavy atom. The number of carbonyl (C=O) groups is 1. The summed E-state index contributed by atoms with van der Waals surface area (Å²) in [7, 11) is 0. The molecule has 1 aromatic rings. The van der Waals surface area contributed by atoms with E-state index in [0.717, 1.165) is 5.57 Å². The highest BCUT2D eigenvalue weighted by Gasteiger charge is 2.57. The zero-order valence-electron chi connectivity index (χ0n) is 11.5. The number of allylic oxidation sites excluding steroid dienone is 3. The smallest absolute Gasteiger partial charge is 0.384 e. The van der Waals surface area contributed by atoms with E-state index in [9.17, 15) is 14.9 Å². The van der Waals surface area contributed by atoms with E-state index in [2.05, 4.69) is 0 Å². The van der Waals surface area contributed by atoms with Crippen molar-refractivity contribution in [2.75, 3.05) is 0 Å². The average molecular weight is 299 g/mol. The van der Waals surface area contributed by atoms with Crippen LogP contribution in [0.15, 0.2) is 66.0 Å². The number of carboxylic acid groups (broad SMARTS) is 1. The third-order valence-corrected chi connectivity index (χ3v) is 3.80. The minimum absolute atomic E-state index is 0.338. The molecule has 2 unspecified atom stereocenters. The first-order valence-corrected chi connectivity index (χ1v) is 6.74. The second-order valence-electron chi connectivity index (χ2n) is 5.17. The van der Waals surface area contributed by atoms with Crippen molar-refractivity contribution in [3.63, 3.8) is 0 Å². The number of ether oxygens (including phenoxy) is 1. The molecule has 112 valence electrons. The molecule has 3 rings (SSSR count). The maximum Gasteiger partial charge on any atom is 0.384 e. The van der Waals surface area contributed by atoms with Gasteiger partial charge in [-0.05, 0) is 11.6 Å². The van der Waals surface area contributed by atoms with Crippen LogP contribution >= 0.6 is 0 Å². The molecule has 1 aliphatic carbocycles. The fourth-order valence-corrected chi connectivity index (χ4v) is 2.81. The van der Waals surface area contributed by atoms with Gasteiger partial charge in [-0.15, -0.1) is 0 Å². The minimum atomic E-state index is -2.05. The van der Waals surface area contributed by atoms with Gasteiger partial charge in [0.2, 0.25) is 0 Å². The maximum atomic E-state index is 11.7. The summed E-state index contributed by atoms with van der Waals surface area (Å²) >= 11 is 0. The van der Waals surface area contributed by atoms with Crippen molar-refractivity contribution in [3.05, 3.63) is 81.6 Å². The average Bonchev–Trinajstić information content (AvgIpc) is 2.93. The maximum absolute atomic E-state index is 11.7. The van der Waals surface area contributed by atoms with E-state index in [1.165, 1.54) is 0 Å². The van der Waals surface area contributed by atoms with Gasteiger partial charge in [-0.3, -0.25) is 14.9 Å². The van der Waals surface area contributed by atoms with Gasteiger partial charge in [-0.2, -0.15) is 0 Å². The van der Waals surface area contributed by atoms with Crippen LogP contribution in [0.1, 0.15) is 17.9 Å². The van der Waals surface area contributed by atoms with Crippen molar-refractivity contribution < 1.29 is 19.6 Å². The Hall–Kier alpha value is -2.89. The summed E-state index contributed by atoms with van der Waals surface area (Å²) in [6, 6.07) is 8.79. The Kier molecular flexibility index (Phi) is 3.29. The van der Waals surface area contributed by atoms with Crippen LogP contribution in [0.25, 0.3) is 0 Å². The molecular formula is C16H13NO5. The summed E-state index contributed by atoms with van der Waals surface area (Å²) in [6.07, 6.45) is 6.10. The van der Waals surface area contributed by atoms with E-state index in [0.29, 0.717) is 11.3 Å². The van der Waals surface area contributed by atoms with E-state index < -0.39 is 29.0 Å². The van der Waals surface area contributed by atoms with Gasteiger partial charge in [0.05, 0.1) is 4.92 Å². The third-order valence-electron chi connectivity index (χ3n) is 3.80. The van der Waals surface area contributed by atoms with Crippen molar-refractivity contribution >= 4 is 5.97 Å². The third kappa shape index (κ3) is 2.18. The van der Waals surface area contributed by atoms with E-state index in [4.69, 9.17) is 9.84 Å². The second-order valence-corrected chi connectivity index (χ2v) is 5.17. The zero-order valence-corrected chi connectivity index (χ0v) is 11.5. The van der Waals surface area contributed by atoms with Crippen molar-refractivity contribution in [1.82, 2.24) is 0 Å². The summed E-state index contributed by atoms with van der Waals surface area (Å²) in [5, 5.41) is 20.9. The Morgan fingerprint density at radius 1 is 1.36 bits per heavy atom. The number of rotatable bonds is 4. The Bertz CT molecular complexity index is 719. The minimum Gasteiger partial charge on any atom is -0.481 e. The summed E-state index contributed by atoms with van der Waals surface area (Å²) in [5.41, 5.74) is -0.668. The van der Waals surface area contributed by atoms with Gasteiger partial charge >= 0.3 is 11.7 Å². The van der Waals surface area contributed by atoms with Crippen molar-refractivity contribution in [3.8, 4) is 0 Å². The predicted octanol–water partition coefficient (Wildman–Crippen LogP) is 2.63. The van der Waals surface area contributed by atoms with Crippen LogP contribution in [0.3, 0.4) is 0 Å². The van der Waals surface area contributed by atoms with Crippen molar-refractivity contribution in [1.29, 1.82) is 0 Å². The molecule has 0 saturated heterocycles. The molecule has 1 heterocycles. The lowest BCUT2D eigenvalue weighted by molar-refractivity contribution is -0.628. The van der Waals surface area contributed by atoms with Gasteiger partial charge in [0.1, 0.15) is 11.7 Å². The van der Waals surface area contributed by atoms with Crippen LogP contribution in [-0.4, -0.2) is 21.7 Å². The van der Waals surface area contributed by atoms with E-state index >= 15 is 0 Å². The first-order valence-electron chi connectivity index (χ1n) is 6.74. The van der Waals surface area contributed by atoms with Crippen LogP contribution in [-0.2, 0) is 9.53 Å². The molecule has 0 fully saturated rings. The largest absolute Gasteiger partial charge is 0.481 e. The number of hydrogen-bond donors (Lipinski definition) is 1. The van der Waals surface area contributed by atoms with Gasteiger partial charge in [0.15, 0.2) is 6.42 Å². The first kappa shape index (κ1) is 14.1. The van der Waals surface area contributed by atoms with Crippen molar-refractivity contribution in [2.45, 2.75) is 18.1 Å². The van der Waals surface area contributed by atoms with E-state index in [-0.39, 0.29) is 0 Å². The molecule has 0 saturated carbocycles. The Labute approximate surface area is 126 Å². The molecule has 2 aliphatic rings. The summed E-state index contributed by atoms with van der Waals surface area (Å²) in [5.74, 6) is -1.72. The van der Waals surface area contributed by atoms with Gasteiger partial charge in [-0.1, -0.05) is 48.6 Å². The van der Waals surface area contributed by atoms with Crippen LogP contribution in [0.5, 0.6) is 0 Å². The van der Waals surface area contributed by atoms with Crippen LogP contribution < -0.4 is 0 Å². The molecule has 1 aliphatic heterocycles. The molecule has 0 spiro atoms. The lowest BCUT2D eigenvalue weighted by Gasteiger charge is -2.35. The highest BCUT2D eigenvalue weighted by atomic mass is 16.7. The van der Waals surface area contributed by atoms with Crippen molar-refractivity contribution in [2.24, 2.45) is 0 Å². The molecule has 0 amide bonds. The van der Waals surface area contributed by atoms with Crippen LogP contribution in [0.4, 0.5) is 0 Å². The lowest BCUT2D eigenvalue weighted by atomic mass is 9.82. The molecule has 6 nitrogen and oxygen atoms in total. The topological polar surface area (TPSA) is 89.7 Å². The lowest BCUT2D eigenvalue weighted by Crippen LogP contribution is -2.49. The summed E-state index contributed by atoms with van der Waals surface area (Å²) in [6.45, 7) is 0. The van der Waals surface area contributed by atoms with Crippen LogP contribution in [0, 0.1) is 10.1 Å². The molecule has 1 aromatic carbocycles. The van der Waals surface area contributed by atoms with E-state index in [1.807, 2.05) is 0 Å². The van der Waals surface area contributed by atoms with Gasteiger partial charge in [0, 0.05) is 5.57 Å². The molecule has 0 radical (unpaired) electrons. The number of benzene rings is 1. The standard InChI is InChI=1S/C16H13NO5/c18-15(19)10-16(17(20)21)13(11-5-2-1-3-6-11)9-12-7-4-8-14(12)22-16/h1-9,13H,10H2,(H,18,19). The highest BCUT2D eigenvalue weighted by Crippen LogP contribution is 2.45. The summed E-state index contributed by atoms with van der Waals surface area (Å²) < 4.78 is 5.59. The highest BCUT2D eigenvalue weighted by molar-refractivity contribution is 5.68. The second kappa shape index (κ2) is 5.14. The first-order chi connectivity index (χ1) is 10.5. The number of nitrogens with zero attached hydrogens (tertiary/aromatic N) is 1. The van der Waals surface area contributed by atoms with Gasteiger partial charge in [0.25, 0.3) is 0 Å². The summed E-state index contributed by atoms with van der Waals surface area (Å²) in [4.78, 5) is 22.3. The SMILES string of the molecule is O=C(O)CC1([N+](=O)[O-])OC2=CC=CC2=CC1c1ccccc1. The van der Waals surface area contributed by atoms with E-state index in [1.54, 1.807) is 54.6 Å². The van der Waals surface area contributed by atoms with Gasteiger partial charge in [-0.25, -0.2) is 0 Å². The molecule has 6 heteroatoms. The number of hydrogen-bond acceptors (Lipinski definition) is 4. The fourth-order valence-electron chi connectivity index (χ4n) is 2.81. The number of aliphatic carboxylic acids is 1. The molecular weight excluding hydrogens is 286 g/mol. The Balaban J connectivity index is 2.17. The molecule has 1 N–H and O–H groups in total. The van der Waals surface area contributed by atoms with Gasteiger partial charge < -0.3 is 9.84 Å². The molecule has 22 heavy (non-hydrogen) atoms. The molecule has 2 atom stereocenters. The monoisotopic (exact) mass is 299 g/mol. The quantitative estimate of drug-likeness (QED) is 0.682. The zero-order chi connectivity index (χ0) is 15.7. The predicted molar refractivity (Wildman–Crippen MR) is 77.6 cm³/mol. The van der Waals surface area contributed by atoms with Crippen LogP contribution in [0.2, 0.25) is 0 Å². The number of carboxylic acids is 1. The number of nitro groups is 1. The fraction of sp³-hybridized carbons (Fsp3) is 0.188. The molecule has 0 bridgehead atoms. The Morgan fingerprint density at radius 2 is 2.09 bits per heavy atom. The molecule has 0 aromatic heterocycles.